The van der Waals surface area contributed by atoms with Crippen LogP contribution in [0.3, 0.4) is 0 Å². The van der Waals surface area contributed by atoms with Gasteiger partial charge in [0.2, 0.25) is 0 Å². The third kappa shape index (κ3) is 3.25. The van der Waals surface area contributed by atoms with Gasteiger partial charge < -0.3 is 0 Å². The molecule has 1 aromatic carbocycles. The summed E-state index contributed by atoms with van der Waals surface area (Å²) in [4.78, 5) is 0. The highest BCUT2D eigenvalue weighted by molar-refractivity contribution is 9.10. The van der Waals surface area contributed by atoms with Crippen molar-refractivity contribution >= 4 is 15.9 Å². The van der Waals surface area contributed by atoms with E-state index < -0.39 is 17.9 Å². The summed E-state index contributed by atoms with van der Waals surface area (Å²) in [6, 6.07) is 7.91. The zero-order valence-electron chi connectivity index (χ0n) is 8.88. The first-order chi connectivity index (χ1) is 8.06. The Kier molecular flexibility index (Phi) is 4.60. The summed E-state index contributed by atoms with van der Waals surface area (Å²) in [5.41, 5.74) is -1.26. The SMILES string of the molecule is N#CC(C#N)(CCF)Cc1ccc(Br)cc1F. The Morgan fingerprint density at radius 2 is 1.94 bits per heavy atom. The van der Waals surface area contributed by atoms with Crippen molar-refractivity contribution < 1.29 is 8.78 Å². The summed E-state index contributed by atoms with van der Waals surface area (Å²) >= 11 is 3.11. The number of nitrogens with zero attached hydrogens (tertiary/aromatic N) is 2. The standard InChI is InChI=1S/C12H9BrF2N2/c13-10-2-1-9(11(15)5-10)6-12(7-16,8-17)3-4-14/h1-2,5H,3-4,6H2. The van der Waals surface area contributed by atoms with Crippen molar-refractivity contribution in [2.24, 2.45) is 5.41 Å². The molecule has 0 N–H and O–H groups in total. The van der Waals surface area contributed by atoms with Crippen LogP contribution < -0.4 is 0 Å². The second-order valence-corrected chi connectivity index (χ2v) is 4.57. The van der Waals surface area contributed by atoms with E-state index in [2.05, 4.69) is 15.9 Å². The summed E-state index contributed by atoms with van der Waals surface area (Å²) in [7, 11) is 0. The minimum atomic E-state index is -1.50. The third-order valence-electron chi connectivity index (χ3n) is 2.46. The van der Waals surface area contributed by atoms with Crippen LogP contribution in [0.25, 0.3) is 0 Å². The van der Waals surface area contributed by atoms with E-state index >= 15 is 0 Å². The molecule has 0 radical (unpaired) electrons. The maximum absolute atomic E-state index is 13.6. The highest BCUT2D eigenvalue weighted by Gasteiger charge is 2.31. The van der Waals surface area contributed by atoms with Crippen molar-refractivity contribution in [2.45, 2.75) is 12.8 Å². The van der Waals surface area contributed by atoms with E-state index in [1.54, 1.807) is 18.2 Å². The van der Waals surface area contributed by atoms with Crippen molar-refractivity contribution in [2.75, 3.05) is 6.67 Å². The van der Waals surface area contributed by atoms with Gasteiger partial charge in [0.25, 0.3) is 0 Å². The molecule has 0 amide bonds. The van der Waals surface area contributed by atoms with Crippen LogP contribution in [0.4, 0.5) is 8.78 Å². The topological polar surface area (TPSA) is 47.6 Å². The van der Waals surface area contributed by atoms with Crippen LogP contribution in [-0.4, -0.2) is 6.67 Å². The zero-order valence-corrected chi connectivity index (χ0v) is 10.5. The number of hydrogen-bond acceptors (Lipinski definition) is 2. The lowest BCUT2D eigenvalue weighted by Gasteiger charge is -2.17. The molecule has 0 aliphatic heterocycles. The summed E-state index contributed by atoms with van der Waals surface area (Å²) in [6.45, 7) is -0.779. The summed E-state index contributed by atoms with van der Waals surface area (Å²) in [5.74, 6) is -0.506. The van der Waals surface area contributed by atoms with Gasteiger partial charge in [0.05, 0.1) is 18.8 Å². The quantitative estimate of drug-likeness (QED) is 0.854. The van der Waals surface area contributed by atoms with Gasteiger partial charge in [-0.2, -0.15) is 10.5 Å². The Morgan fingerprint density at radius 1 is 1.29 bits per heavy atom. The molecule has 88 valence electrons. The Morgan fingerprint density at radius 3 is 2.41 bits per heavy atom. The van der Waals surface area contributed by atoms with Crippen LogP contribution in [0, 0.1) is 33.9 Å². The average molecular weight is 299 g/mol. The van der Waals surface area contributed by atoms with Gasteiger partial charge in [0.15, 0.2) is 0 Å². The average Bonchev–Trinajstić information content (AvgIpc) is 2.32. The fraction of sp³-hybridized carbons (Fsp3) is 0.333. The summed E-state index contributed by atoms with van der Waals surface area (Å²) in [6.07, 6.45) is -0.321. The highest BCUT2D eigenvalue weighted by Crippen LogP contribution is 2.28. The van der Waals surface area contributed by atoms with Crippen LogP contribution in [0.1, 0.15) is 12.0 Å². The molecule has 0 aliphatic carbocycles. The van der Waals surface area contributed by atoms with Crippen LogP contribution in [0.2, 0.25) is 0 Å². The first-order valence-electron chi connectivity index (χ1n) is 4.89. The third-order valence-corrected chi connectivity index (χ3v) is 2.95. The van der Waals surface area contributed by atoms with E-state index in [0.717, 1.165) is 0 Å². The van der Waals surface area contributed by atoms with Crippen LogP contribution in [0.5, 0.6) is 0 Å². The second kappa shape index (κ2) is 5.75. The lowest BCUT2D eigenvalue weighted by Crippen LogP contribution is -2.21. The Hall–Kier alpha value is -1.46. The van der Waals surface area contributed by atoms with Crippen molar-refractivity contribution in [3.05, 3.63) is 34.1 Å². The van der Waals surface area contributed by atoms with E-state index in [4.69, 9.17) is 10.5 Å². The van der Waals surface area contributed by atoms with Crippen molar-refractivity contribution in [1.82, 2.24) is 0 Å². The minimum Gasteiger partial charge on any atom is -0.251 e. The number of halogens is 3. The molecule has 0 spiro atoms. The summed E-state index contributed by atoms with van der Waals surface area (Å²) in [5, 5.41) is 17.9. The van der Waals surface area contributed by atoms with Crippen molar-refractivity contribution in [3.8, 4) is 12.1 Å². The zero-order chi connectivity index (χ0) is 12.9. The molecule has 0 fully saturated rings. The van der Waals surface area contributed by atoms with E-state index in [0.29, 0.717) is 4.47 Å². The second-order valence-electron chi connectivity index (χ2n) is 3.66. The normalized spacial score (nSPS) is 10.6. The Balaban J connectivity index is 3.03. The number of alkyl halides is 1. The van der Waals surface area contributed by atoms with Gasteiger partial charge in [-0.3, -0.25) is 4.39 Å². The van der Waals surface area contributed by atoms with E-state index in [9.17, 15) is 8.78 Å². The van der Waals surface area contributed by atoms with Crippen LogP contribution in [0.15, 0.2) is 22.7 Å². The number of nitriles is 2. The molecule has 1 rings (SSSR count). The lowest BCUT2D eigenvalue weighted by molar-refractivity contribution is 0.371. The molecule has 0 unspecified atom stereocenters. The molecule has 1 aromatic rings. The molecule has 17 heavy (non-hydrogen) atoms. The van der Waals surface area contributed by atoms with Crippen molar-refractivity contribution in [1.29, 1.82) is 10.5 Å². The molecule has 5 heteroatoms. The van der Waals surface area contributed by atoms with Gasteiger partial charge in [-0.05, 0) is 17.7 Å². The predicted octanol–water partition coefficient (Wildman–Crippen LogP) is 3.52. The van der Waals surface area contributed by atoms with Gasteiger partial charge >= 0.3 is 0 Å². The van der Waals surface area contributed by atoms with Crippen LogP contribution >= 0.6 is 15.9 Å². The van der Waals surface area contributed by atoms with Crippen LogP contribution in [-0.2, 0) is 6.42 Å². The molecular weight excluding hydrogens is 290 g/mol. The fourth-order valence-corrected chi connectivity index (χ4v) is 1.79. The molecular formula is C12H9BrF2N2. The largest absolute Gasteiger partial charge is 0.251 e. The lowest BCUT2D eigenvalue weighted by atomic mass is 9.82. The molecule has 0 saturated carbocycles. The monoisotopic (exact) mass is 298 g/mol. The van der Waals surface area contributed by atoms with Gasteiger partial charge in [-0.1, -0.05) is 22.0 Å². The van der Waals surface area contributed by atoms with E-state index in [-0.39, 0.29) is 18.4 Å². The molecule has 0 heterocycles. The van der Waals surface area contributed by atoms with Gasteiger partial charge in [0, 0.05) is 17.3 Å². The Bertz CT molecular complexity index is 474. The van der Waals surface area contributed by atoms with Gasteiger partial charge in [-0.15, -0.1) is 0 Å². The maximum atomic E-state index is 13.6. The maximum Gasteiger partial charge on any atom is 0.150 e. The van der Waals surface area contributed by atoms with Gasteiger partial charge in [-0.25, -0.2) is 4.39 Å². The number of rotatable bonds is 4. The molecule has 0 bridgehead atoms. The number of hydrogen-bond donors (Lipinski definition) is 0. The molecule has 0 saturated heterocycles. The van der Waals surface area contributed by atoms with Crippen molar-refractivity contribution in [3.63, 3.8) is 0 Å². The first-order valence-corrected chi connectivity index (χ1v) is 5.68. The first kappa shape index (κ1) is 13.6. The molecule has 0 atom stereocenters. The smallest absolute Gasteiger partial charge is 0.150 e. The molecule has 2 nitrogen and oxygen atoms in total. The molecule has 0 aromatic heterocycles. The predicted molar refractivity (Wildman–Crippen MR) is 62.1 cm³/mol. The summed E-state index contributed by atoms with van der Waals surface area (Å²) < 4.78 is 26.5. The Labute approximate surface area is 107 Å². The van der Waals surface area contributed by atoms with E-state index in [1.807, 2.05) is 0 Å². The molecule has 0 aliphatic rings. The number of benzene rings is 1. The highest BCUT2D eigenvalue weighted by atomic mass is 79.9. The minimum absolute atomic E-state index is 0.108. The van der Waals surface area contributed by atoms with Gasteiger partial charge in [0.1, 0.15) is 11.2 Å². The van der Waals surface area contributed by atoms with E-state index in [1.165, 1.54) is 12.1 Å². The fourth-order valence-electron chi connectivity index (χ4n) is 1.46.